The molecule has 2 heterocycles. The molecule has 7 nitrogen and oxygen atoms in total. The predicted molar refractivity (Wildman–Crippen MR) is 84.5 cm³/mol. The smallest absolute Gasteiger partial charge is 0.315 e. The van der Waals surface area contributed by atoms with Crippen LogP contribution in [0.2, 0.25) is 0 Å². The Hall–Kier alpha value is -3.10. The number of nitrogens with zero attached hydrogens (tertiary/aromatic N) is 3. The van der Waals surface area contributed by atoms with Crippen molar-refractivity contribution in [2.24, 2.45) is 0 Å². The molecule has 1 aromatic carbocycles. The monoisotopic (exact) mass is 360 g/mol. The Balaban J connectivity index is 1.54. The zero-order valence-electron chi connectivity index (χ0n) is 13.7. The first-order valence-electron chi connectivity index (χ1n) is 7.99. The van der Waals surface area contributed by atoms with Crippen LogP contribution in [0.3, 0.4) is 0 Å². The molecule has 1 aliphatic carbocycles. The number of fused-ring (bicyclic) bond motifs is 1. The van der Waals surface area contributed by atoms with Gasteiger partial charge in [-0.05, 0) is 37.0 Å². The Morgan fingerprint density at radius 1 is 1.38 bits per heavy atom. The lowest BCUT2D eigenvalue weighted by Gasteiger charge is -2.13. The van der Waals surface area contributed by atoms with E-state index in [1.54, 1.807) is 13.0 Å². The van der Waals surface area contributed by atoms with Crippen LogP contribution in [0.5, 0.6) is 0 Å². The van der Waals surface area contributed by atoms with Crippen molar-refractivity contribution in [2.75, 3.05) is 0 Å². The second kappa shape index (κ2) is 6.32. The number of alkyl halides is 2. The summed E-state index contributed by atoms with van der Waals surface area (Å²) >= 11 is 0. The van der Waals surface area contributed by atoms with Crippen molar-refractivity contribution in [1.82, 2.24) is 20.4 Å². The maximum atomic E-state index is 12.6. The summed E-state index contributed by atoms with van der Waals surface area (Å²) in [6.45, 7) is 1.70. The summed E-state index contributed by atoms with van der Waals surface area (Å²) in [5.41, 5.74) is 3.10. The summed E-state index contributed by atoms with van der Waals surface area (Å²) in [5, 5.41) is 6.52. The number of aryl methyl sites for hydroxylation is 2. The van der Waals surface area contributed by atoms with E-state index in [0.29, 0.717) is 11.3 Å². The van der Waals surface area contributed by atoms with E-state index in [-0.39, 0.29) is 23.5 Å². The number of carbonyl (C=O) groups excluding carboxylic acids is 1. The Labute approximate surface area is 146 Å². The molecule has 0 radical (unpaired) electrons. The SMILES string of the molecule is Cc1ncoc1C(=O)N[C@@H]1CCc2cc(-c3noc(C(F)F)n3)ccc21. The van der Waals surface area contributed by atoms with Crippen LogP contribution < -0.4 is 5.32 Å². The largest absolute Gasteiger partial charge is 0.438 e. The molecule has 26 heavy (non-hydrogen) atoms. The van der Waals surface area contributed by atoms with Crippen molar-refractivity contribution < 1.29 is 22.5 Å². The summed E-state index contributed by atoms with van der Waals surface area (Å²) < 4.78 is 34.8. The molecule has 134 valence electrons. The highest BCUT2D eigenvalue weighted by molar-refractivity contribution is 5.92. The molecular weight excluding hydrogens is 346 g/mol. The molecule has 1 aliphatic rings. The van der Waals surface area contributed by atoms with Crippen LogP contribution in [-0.2, 0) is 6.42 Å². The summed E-state index contributed by atoms with van der Waals surface area (Å²) in [6.07, 6.45) is -0.0997. The first-order valence-corrected chi connectivity index (χ1v) is 7.99. The molecule has 0 bridgehead atoms. The number of carbonyl (C=O) groups is 1. The Kier molecular flexibility index (Phi) is 3.98. The van der Waals surface area contributed by atoms with E-state index < -0.39 is 12.3 Å². The van der Waals surface area contributed by atoms with Crippen LogP contribution in [0.25, 0.3) is 11.4 Å². The second-order valence-corrected chi connectivity index (χ2v) is 6.00. The van der Waals surface area contributed by atoms with Crippen LogP contribution in [0.1, 0.15) is 52.2 Å². The third kappa shape index (κ3) is 2.85. The predicted octanol–water partition coefficient (Wildman–Crippen LogP) is 3.39. The van der Waals surface area contributed by atoms with Gasteiger partial charge in [-0.3, -0.25) is 4.79 Å². The number of rotatable bonds is 4. The number of halogens is 2. The minimum absolute atomic E-state index is 0.118. The third-order valence-corrected chi connectivity index (χ3v) is 4.36. The van der Waals surface area contributed by atoms with Crippen molar-refractivity contribution in [1.29, 1.82) is 0 Å². The molecular formula is C17H14F2N4O3. The van der Waals surface area contributed by atoms with Crippen LogP contribution in [0.15, 0.2) is 33.5 Å². The van der Waals surface area contributed by atoms with Gasteiger partial charge in [0.15, 0.2) is 6.39 Å². The molecule has 0 saturated heterocycles. The van der Waals surface area contributed by atoms with Crippen LogP contribution >= 0.6 is 0 Å². The molecule has 1 amide bonds. The second-order valence-electron chi connectivity index (χ2n) is 6.00. The van der Waals surface area contributed by atoms with E-state index in [1.165, 1.54) is 6.39 Å². The number of nitrogens with one attached hydrogen (secondary N) is 1. The Morgan fingerprint density at radius 3 is 2.92 bits per heavy atom. The van der Waals surface area contributed by atoms with E-state index in [0.717, 1.165) is 24.0 Å². The molecule has 0 fully saturated rings. The van der Waals surface area contributed by atoms with Crippen LogP contribution in [-0.4, -0.2) is 21.0 Å². The Morgan fingerprint density at radius 2 is 2.23 bits per heavy atom. The van der Waals surface area contributed by atoms with E-state index in [2.05, 4.69) is 25.0 Å². The molecule has 0 aliphatic heterocycles. The fraction of sp³-hybridized carbons (Fsp3) is 0.294. The standard InChI is InChI=1S/C17H14F2N4O3/c1-8-13(25-7-20-8)16(24)21-12-5-3-9-6-10(2-4-11(9)12)15-22-17(14(18)19)26-23-15/h2,4,6-7,12,14H,3,5H2,1H3,(H,21,24)/t12-/m1/s1. The molecule has 2 aromatic heterocycles. The zero-order valence-corrected chi connectivity index (χ0v) is 13.7. The molecule has 0 unspecified atom stereocenters. The van der Waals surface area contributed by atoms with Gasteiger partial charge in [0.25, 0.3) is 11.8 Å². The lowest BCUT2D eigenvalue weighted by molar-refractivity contribution is 0.0907. The topological polar surface area (TPSA) is 94.1 Å². The van der Waals surface area contributed by atoms with Crippen molar-refractivity contribution in [3.05, 3.63) is 53.1 Å². The van der Waals surface area contributed by atoms with Gasteiger partial charge in [-0.15, -0.1) is 0 Å². The van der Waals surface area contributed by atoms with Gasteiger partial charge < -0.3 is 14.3 Å². The fourth-order valence-corrected chi connectivity index (χ4v) is 3.09. The van der Waals surface area contributed by atoms with Crippen LogP contribution in [0.4, 0.5) is 8.78 Å². The van der Waals surface area contributed by atoms with Crippen LogP contribution in [0, 0.1) is 6.92 Å². The van der Waals surface area contributed by atoms with Crippen molar-refractivity contribution in [3.8, 4) is 11.4 Å². The van der Waals surface area contributed by atoms with Gasteiger partial charge >= 0.3 is 6.43 Å². The number of aromatic nitrogens is 3. The fourth-order valence-electron chi connectivity index (χ4n) is 3.09. The molecule has 9 heteroatoms. The first kappa shape index (κ1) is 16.4. The van der Waals surface area contributed by atoms with Gasteiger partial charge in [-0.1, -0.05) is 17.3 Å². The van der Waals surface area contributed by atoms with Gasteiger partial charge in [0, 0.05) is 5.56 Å². The van der Waals surface area contributed by atoms with Gasteiger partial charge in [-0.2, -0.15) is 13.8 Å². The molecule has 0 saturated carbocycles. The minimum atomic E-state index is -2.80. The van der Waals surface area contributed by atoms with Gasteiger partial charge in [0.2, 0.25) is 11.6 Å². The van der Waals surface area contributed by atoms with Crippen molar-refractivity contribution >= 4 is 5.91 Å². The normalized spacial score (nSPS) is 16.1. The molecule has 0 spiro atoms. The van der Waals surface area contributed by atoms with Crippen molar-refractivity contribution in [2.45, 2.75) is 32.2 Å². The maximum Gasteiger partial charge on any atom is 0.315 e. The summed E-state index contributed by atoms with van der Waals surface area (Å²) in [4.78, 5) is 19.9. The quantitative estimate of drug-likeness (QED) is 0.766. The highest BCUT2D eigenvalue weighted by atomic mass is 19.3. The molecule has 1 atom stereocenters. The number of hydrogen-bond acceptors (Lipinski definition) is 6. The van der Waals surface area contributed by atoms with Gasteiger partial charge in [0.1, 0.15) is 0 Å². The number of benzene rings is 1. The third-order valence-electron chi connectivity index (χ3n) is 4.36. The number of amides is 1. The molecule has 4 rings (SSSR count). The average Bonchev–Trinajstić information content (AvgIpc) is 3.34. The maximum absolute atomic E-state index is 12.6. The van der Waals surface area contributed by atoms with Gasteiger partial charge in [-0.25, -0.2) is 4.98 Å². The average molecular weight is 360 g/mol. The number of oxazole rings is 1. The van der Waals surface area contributed by atoms with E-state index in [4.69, 9.17) is 4.42 Å². The highest BCUT2D eigenvalue weighted by Gasteiger charge is 2.27. The lowest BCUT2D eigenvalue weighted by Crippen LogP contribution is -2.27. The zero-order chi connectivity index (χ0) is 18.3. The first-order chi connectivity index (χ1) is 12.5. The molecule has 3 aromatic rings. The van der Waals surface area contributed by atoms with E-state index >= 15 is 0 Å². The minimum Gasteiger partial charge on any atom is -0.438 e. The summed E-state index contributed by atoms with van der Waals surface area (Å²) in [5.74, 6) is -0.705. The molecule has 1 N–H and O–H groups in total. The summed E-state index contributed by atoms with van der Waals surface area (Å²) in [6, 6.07) is 5.25. The van der Waals surface area contributed by atoms with Gasteiger partial charge in [0.05, 0.1) is 11.7 Å². The lowest BCUT2D eigenvalue weighted by atomic mass is 10.0. The summed E-state index contributed by atoms with van der Waals surface area (Å²) in [7, 11) is 0. The Bertz CT molecular complexity index is 967. The van der Waals surface area contributed by atoms with Crippen molar-refractivity contribution in [3.63, 3.8) is 0 Å². The number of hydrogen-bond donors (Lipinski definition) is 1. The highest BCUT2D eigenvalue weighted by Crippen LogP contribution is 2.34. The van der Waals surface area contributed by atoms with E-state index in [1.807, 2.05) is 12.1 Å². The van der Waals surface area contributed by atoms with E-state index in [9.17, 15) is 13.6 Å².